The number of carbonyl (C=O) groups is 3. The van der Waals surface area contributed by atoms with Gasteiger partial charge in [0.25, 0.3) is 0 Å². The van der Waals surface area contributed by atoms with Gasteiger partial charge in [-0.05, 0) is 84.9 Å². The molecule has 5 atom stereocenters. The summed E-state index contributed by atoms with van der Waals surface area (Å²) >= 11 is 6.32. The first-order valence-electron chi connectivity index (χ1n) is 14.4. The van der Waals surface area contributed by atoms with E-state index in [0.717, 1.165) is 24.2 Å². The molecule has 2 fully saturated rings. The third-order valence-corrected chi connectivity index (χ3v) is 8.26. The summed E-state index contributed by atoms with van der Waals surface area (Å²) in [5.74, 6) is 0.827. The monoisotopic (exact) mass is 577 g/mol. The number of alkyl carbamates (subject to hydrolysis) is 1. The van der Waals surface area contributed by atoms with E-state index in [2.05, 4.69) is 24.5 Å². The van der Waals surface area contributed by atoms with E-state index >= 15 is 0 Å². The summed E-state index contributed by atoms with van der Waals surface area (Å²) in [5, 5.41) is 6.25. The molecule has 0 aliphatic carbocycles. The van der Waals surface area contributed by atoms with E-state index in [0.29, 0.717) is 43.9 Å². The van der Waals surface area contributed by atoms with E-state index < -0.39 is 23.3 Å². The Morgan fingerprint density at radius 2 is 1.98 bits per heavy atom. The maximum absolute atomic E-state index is 13.6. The minimum absolute atomic E-state index is 0.0455. The topological polar surface area (TPSA) is 106 Å². The maximum Gasteiger partial charge on any atom is 0.407 e. The van der Waals surface area contributed by atoms with Gasteiger partial charge in [0.1, 0.15) is 23.0 Å². The van der Waals surface area contributed by atoms with E-state index in [1.54, 1.807) is 0 Å². The summed E-state index contributed by atoms with van der Waals surface area (Å²) in [6.45, 7) is 12.7. The van der Waals surface area contributed by atoms with Gasteiger partial charge < -0.3 is 29.7 Å². The summed E-state index contributed by atoms with van der Waals surface area (Å²) < 4.78 is 18.4. The second kappa shape index (κ2) is 12.1. The molecule has 3 amide bonds. The number of nitrogens with one attached hydrogen (secondary N) is 2. The van der Waals surface area contributed by atoms with Gasteiger partial charge in [-0.2, -0.15) is 0 Å². The second-order valence-corrected chi connectivity index (χ2v) is 13.3. The Kier molecular flexibility index (Phi) is 9.25. The summed E-state index contributed by atoms with van der Waals surface area (Å²) in [7, 11) is 0. The number of hydrogen-bond acceptors (Lipinski definition) is 6. The number of ether oxygens (including phenoxy) is 3. The molecule has 40 heavy (non-hydrogen) atoms. The van der Waals surface area contributed by atoms with Gasteiger partial charge in [-0.25, -0.2) is 4.79 Å². The molecule has 222 valence electrons. The number of benzene rings is 1. The second-order valence-electron chi connectivity index (χ2n) is 12.8. The van der Waals surface area contributed by atoms with Gasteiger partial charge in [0, 0.05) is 49.0 Å². The maximum atomic E-state index is 13.6. The van der Waals surface area contributed by atoms with Crippen LogP contribution in [-0.2, 0) is 19.1 Å². The molecule has 0 spiro atoms. The summed E-state index contributed by atoms with van der Waals surface area (Å²) in [6, 6.07) is 5.11. The van der Waals surface area contributed by atoms with Crippen LogP contribution in [0.15, 0.2) is 18.2 Å². The molecule has 2 N–H and O–H groups in total. The molecule has 0 aromatic heterocycles. The van der Waals surface area contributed by atoms with Crippen molar-refractivity contribution >= 4 is 29.5 Å². The summed E-state index contributed by atoms with van der Waals surface area (Å²) in [6.07, 6.45) is 2.95. The van der Waals surface area contributed by atoms with Gasteiger partial charge >= 0.3 is 6.09 Å². The van der Waals surface area contributed by atoms with Gasteiger partial charge in [0.15, 0.2) is 0 Å². The smallest absolute Gasteiger partial charge is 0.407 e. The fourth-order valence-electron chi connectivity index (χ4n) is 6.18. The molecule has 3 heterocycles. The first-order chi connectivity index (χ1) is 18.7. The number of nitrogens with zero attached hydrogens (tertiary/aromatic N) is 1. The Balaban J connectivity index is 1.34. The van der Waals surface area contributed by atoms with E-state index in [1.165, 1.54) is 6.92 Å². The average Bonchev–Trinajstić information content (AvgIpc) is 2.85. The summed E-state index contributed by atoms with van der Waals surface area (Å²) in [4.78, 5) is 39.3. The van der Waals surface area contributed by atoms with E-state index in [-0.39, 0.29) is 35.9 Å². The highest BCUT2D eigenvalue weighted by atomic mass is 35.5. The predicted molar refractivity (Wildman–Crippen MR) is 152 cm³/mol. The zero-order valence-electron chi connectivity index (χ0n) is 24.6. The van der Waals surface area contributed by atoms with Crippen molar-refractivity contribution in [3.8, 4) is 5.75 Å². The van der Waals surface area contributed by atoms with Gasteiger partial charge in [-0.15, -0.1) is 0 Å². The van der Waals surface area contributed by atoms with Gasteiger partial charge in [0.2, 0.25) is 11.8 Å². The van der Waals surface area contributed by atoms with Crippen molar-refractivity contribution < 1.29 is 28.6 Å². The van der Waals surface area contributed by atoms with Crippen LogP contribution in [-0.4, -0.2) is 65.8 Å². The van der Waals surface area contributed by atoms with Gasteiger partial charge in [0.05, 0.1) is 12.2 Å². The minimum atomic E-state index is -0.601. The Morgan fingerprint density at radius 1 is 1.23 bits per heavy atom. The minimum Gasteiger partial charge on any atom is -0.487 e. The van der Waals surface area contributed by atoms with Crippen LogP contribution >= 0.6 is 11.6 Å². The van der Waals surface area contributed by atoms with Crippen LogP contribution in [0.1, 0.15) is 85.3 Å². The molecule has 10 heteroatoms. The predicted octanol–water partition coefficient (Wildman–Crippen LogP) is 5.01. The molecular formula is C30H44ClN3O6. The molecule has 1 aromatic carbocycles. The van der Waals surface area contributed by atoms with E-state index in [9.17, 15) is 14.4 Å². The molecule has 1 aromatic rings. The third-order valence-electron chi connectivity index (χ3n) is 8.03. The fraction of sp³-hybridized carbons (Fsp3) is 0.700. The number of piperidine rings is 1. The molecule has 2 saturated heterocycles. The van der Waals surface area contributed by atoms with Crippen molar-refractivity contribution in [2.24, 2.45) is 11.8 Å². The number of carbonyl (C=O) groups excluding carboxylic acids is 3. The standard InChI is InChI=1S/C30H44ClN3O6/c1-18(35)33-23(9-7-8-13-32-28(37)40-29(2,3)4)27(36)34-14-12-24-19(17-34)15-22-26(38-24)21-16-20(31)10-11-25(21)39-30(22,5)6/h10-11,16,19,22-24,26H,7-9,12-15,17H2,1-6H3,(H,32,37)(H,33,35)/t19-,22+,23+,24+,26-/m1/s1. The zero-order valence-corrected chi connectivity index (χ0v) is 25.3. The normalized spacial score (nSPS) is 25.8. The lowest BCUT2D eigenvalue weighted by molar-refractivity contribution is -0.189. The van der Waals surface area contributed by atoms with Crippen LogP contribution in [0.2, 0.25) is 5.02 Å². The van der Waals surface area contributed by atoms with E-state index in [4.69, 9.17) is 25.8 Å². The number of likely N-dealkylation sites (tertiary alicyclic amines) is 1. The zero-order chi connectivity index (χ0) is 29.2. The van der Waals surface area contributed by atoms with Crippen molar-refractivity contribution in [1.82, 2.24) is 15.5 Å². The van der Waals surface area contributed by atoms with Crippen molar-refractivity contribution in [2.75, 3.05) is 19.6 Å². The number of rotatable bonds is 7. The van der Waals surface area contributed by atoms with Crippen LogP contribution in [0, 0.1) is 11.8 Å². The molecule has 3 aliphatic rings. The van der Waals surface area contributed by atoms with Crippen LogP contribution in [0.25, 0.3) is 0 Å². The summed E-state index contributed by atoms with van der Waals surface area (Å²) in [5.41, 5.74) is 0.0259. The molecule has 0 radical (unpaired) electrons. The fourth-order valence-corrected chi connectivity index (χ4v) is 6.36. The number of hydrogen-bond donors (Lipinski definition) is 2. The Bertz CT molecular complexity index is 1100. The highest BCUT2D eigenvalue weighted by Gasteiger charge is 2.51. The lowest BCUT2D eigenvalue weighted by Gasteiger charge is -2.53. The van der Waals surface area contributed by atoms with Crippen molar-refractivity contribution in [1.29, 1.82) is 0 Å². The largest absolute Gasteiger partial charge is 0.487 e. The first-order valence-corrected chi connectivity index (χ1v) is 14.8. The quantitative estimate of drug-likeness (QED) is 0.442. The third kappa shape index (κ3) is 7.40. The van der Waals surface area contributed by atoms with Crippen LogP contribution < -0.4 is 15.4 Å². The number of fused-ring (bicyclic) bond motifs is 4. The Morgan fingerprint density at radius 3 is 2.67 bits per heavy atom. The van der Waals surface area contributed by atoms with Crippen LogP contribution in [0.3, 0.4) is 0 Å². The highest BCUT2D eigenvalue weighted by molar-refractivity contribution is 6.30. The van der Waals surface area contributed by atoms with Gasteiger partial charge in [-0.1, -0.05) is 11.6 Å². The molecule has 3 aliphatic heterocycles. The molecular weight excluding hydrogens is 534 g/mol. The van der Waals surface area contributed by atoms with Crippen molar-refractivity contribution in [2.45, 2.75) is 103 Å². The molecule has 0 bridgehead atoms. The first kappa shape index (κ1) is 30.4. The Labute approximate surface area is 242 Å². The SMILES string of the molecule is CC(=O)N[C@@H](CCCCNC(=O)OC(C)(C)C)C(=O)N1CC[C@@H]2O[C@@H]3c4cc(Cl)ccc4OC(C)(C)[C@H]3C[C@@H]2C1. The number of amides is 3. The lowest BCUT2D eigenvalue weighted by Crippen LogP contribution is -2.58. The van der Waals surface area contributed by atoms with Crippen LogP contribution in [0.4, 0.5) is 4.79 Å². The number of halogens is 1. The number of unbranched alkanes of at least 4 members (excludes halogenated alkanes) is 1. The molecule has 9 nitrogen and oxygen atoms in total. The Hall–Kier alpha value is -2.52. The molecule has 0 unspecified atom stereocenters. The highest BCUT2D eigenvalue weighted by Crippen LogP contribution is 2.53. The molecule has 4 rings (SSSR count). The van der Waals surface area contributed by atoms with Crippen molar-refractivity contribution in [3.05, 3.63) is 28.8 Å². The van der Waals surface area contributed by atoms with E-state index in [1.807, 2.05) is 43.9 Å². The molecule has 0 saturated carbocycles. The average molecular weight is 578 g/mol. The van der Waals surface area contributed by atoms with Crippen molar-refractivity contribution in [3.63, 3.8) is 0 Å². The van der Waals surface area contributed by atoms with Gasteiger partial charge in [-0.3, -0.25) is 9.59 Å². The van der Waals surface area contributed by atoms with Crippen LogP contribution in [0.5, 0.6) is 5.75 Å². The lowest BCUT2D eigenvalue weighted by atomic mass is 9.70.